The maximum atomic E-state index is 2.39. The Morgan fingerprint density at radius 3 is 1.49 bits per heavy atom. The van der Waals surface area contributed by atoms with Crippen LogP contribution >= 0.6 is 0 Å². The number of rotatable bonds is 6. The average molecular weight is 674 g/mol. The lowest BCUT2D eigenvalue weighted by atomic mass is 9.90. The van der Waals surface area contributed by atoms with Crippen molar-refractivity contribution in [2.75, 3.05) is 4.90 Å². The Labute approximate surface area is 309 Å². The molecule has 0 spiro atoms. The van der Waals surface area contributed by atoms with Crippen LogP contribution < -0.4 is 4.90 Å². The maximum Gasteiger partial charge on any atom is 0.0467 e. The van der Waals surface area contributed by atoms with Gasteiger partial charge in [-0.15, -0.1) is 0 Å². The summed E-state index contributed by atoms with van der Waals surface area (Å²) in [7, 11) is 0. The Kier molecular flexibility index (Phi) is 7.55. The number of fused-ring (bicyclic) bond motifs is 6. The molecule has 0 saturated heterocycles. The van der Waals surface area contributed by atoms with Crippen molar-refractivity contribution < 1.29 is 0 Å². The number of hydrogen-bond donors (Lipinski definition) is 0. The summed E-state index contributed by atoms with van der Waals surface area (Å²) in [5, 5.41) is 10.1. The number of benzene rings is 10. The largest absolute Gasteiger partial charge is 0.310 e. The normalized spacial score (nSPS) is 11.4. The molecule has 10 rings (SSSR count). The van der Waals surface area contributed by atoms with E-state index >= 15 is 0 Å². The summed E-state index contributed by atoms with van der Waals surface area (Å²) in [4.78, 5) is 2.39. The van der Waals surface area contributed by atoms with Crippen LogP contribution in [0.1, 0.15) is 0 Å². The van der Waals surface area contributed by atoms with Gasteiger partial charge < -0.3 is 4.90 Å². The molecule has 0 unspecified atom stereocenters. The molecule has 0 bridgehead atoms. The van der Waals surface area contributed by atoms with Crippen LogP contribution in [-0.4, -0.2) is 0 Å². The molecular formula is C52H35N. The zero-order valence-corrected chi connectivity index (χ0v) is 29.2. The Morgan fingerprint density at radius 1 is 0.245 bits per heavy atom. The number of nitrogens with zero attached hydrogens (tertiary/aromatic N) is 1. The molecule has 10 aromatic rings. The molecule has 1 heteroatoms. The standard InChI is InChI=1S/C52H35N/c1-2-13-36(14-3-1)37-29-31-43(32-30-37)53(44-20-10-18-40(33-44)47-26-12-17-38-15-4-6-22-46(38)47)45-21-11-19-41(34-45)51-35-42-28-27-39-16-5-7-23-48(39)52(42)50-25-9-8-24-49(50)51/h1-35H. The van der Waals surface area contributed by atoms with E-state index in [0.717, 1.165) is 17.1 Å². The second kappa shape index (κ2) is 13.0. The molecule has 10 aromatic carbocycles. The molecule has 0 radical (unpaired) electrons. The molecule has 0 saturated carbocycles. The van der Waals surface area contributed by atoms with E-state index in [1.54, 1.807) is 0 Å². The van der Waals surface area contributed by atoms with E-state index in [2.05, 4.69) is 217 Å². The molecule has 53 heavy (non-hydrogen) atoms. The van der Waals surface area contributed by atoms with E-state index in [4.69, 9.17) is 0 Å². The number of anilines is 3. The fraction of sp³-hybridized carbons (Fsp3) is 0. The SMILES string of the molecule is c1ccc(-c2ccc(N(c3cccc(-c4cccc5ccccc45)c3)c3cccc(-c4cc5ccc6ccccc6c5c5ccccc45)c3)cc2)cc1. The van der Waals surface area contributed by atoms with E-state index in [-0.39, 0.29) is 0 Å². The highest BCUT2D eigenvalue weighted by Crippen LogP contribution is 2.42. The first kappa shape index (κ1) is 30.8. The van der Waals surface area contributed by atoms with Gasteiger partial charge in [0, 0.05) is 17.1 Å². The third-order valence-electron chi connectivity index (χ3n) is 10.6. The van der Waals surface area contributed by atoms with E-state index < -0.39 is 0 Å². The highest BCUT2D eigenvalue weighted by molar-refractivity contribution is 6.23. The van der Waals surface area contributed by atoms with Gasteiger partial charge in [-0.2, -0.15) is 0 Å². The van der Waals surface area contributed by atoms with E-state index in [9.17, 15) is 0 Å². The molecule has 1 nitrogen and oxygen atoms in total. The minimum atomic E-state index is 1.10. The van der Waals surface area contributed by atoms with Gasteiger partial charge in [-0.05, 0) is 119 Å². The third kappa shape index (κ3) is 5.51. The van der Waals surface area contributed by atoms with Gasteiger partial charge >= 0.3 is 0 Å². The van der Waals surface area contributed by atoms with Crippen LogP contribution in [0.15, 0.2) is 212 Å². The summed E-state index contributed by atoms with van der Waals surface area (Å²) in [5.74, 6) is 0. The molecule has 0 aliphatic rings. The van der Waals surface area contributed by atoms with Crippen molar-refractivity contribution in [1.29, 1.82) is 0 Å². The Bertz CT molecular complexity index is 2940. The molecule has 0 N–H and O–H groups in total. The highest BCUT2D eigenvalue weighted by Gasteiger charge is 2.17. The van der Waals surface area contributed by atoms with Crippen molar-refractivity contribution in [2.45, 2.75) is 0 Å². The predicted molar refractivity (Wildman–Crippen MR) is 227 cm³/mol. The van der Waals surface area contributed by atoms with Gasteiger partial charge in [-0.3, -0.25) is 0 Å². The van der Waals surface area contributed by atoms with Crippen LogP contribution in [0.2, 0.25) is 0 Å². The molecular weight excluding hydrogens is 639 g/mol. The molecule has 0 fully saturated rings. The molecule has 248 valence electrons. The molecule has 0 heterocycles. The van der Waals surface area contributed by atoms with Crippen molar-refractivity contribution in [1.82, 2.24) is 0 Å². The summed E-state index contributed by atoms with van der Waals surface area (Å²) in [6.45, 7) is 0. The maximum absolute atomic E-state index is 2.39. The van der Waals surface area contributed by atoms with Gasteiger partial charge in [0.05, 0.1) is 0 Å². The summed E-state index contributed by atoms with van der Waals surface area (Å²) < 4.78 is 0. The van der Waals surface area contributed by atoms with Crippen molar-refractivity contribution in [2.24, 2.45) is 0 Å². The third-order valence-corrected chi connectivity index (χ3v) is 10.6. The van der Waals surface area contributed by atoms with Gasteiger partial charge in [0.25, 0.3) is 0 Å². The van der Waals surface area contributed by atoms with Gasteiger partial charge in [-0.1, -0.05) is 170 Å². The van der Waals surface area contributed by atoms with Crippen molar-refractivity contribution in [3.05, 3.63) is 212 Å². The second-order valence-electron chi connectivity index (χ2n) is 13.7. The number of hydrogen-bond acceptors (Lipinski definition) is 1. The molecule has 0 aliphatic heterocycles. The van der Waals surface area contributed by atoms with Gasteiger partial charge in [0.2, 0.25) is 0 Å². The minimum Gasteiger partial charge on any atom is -0.310 e. The second-order valence-corrected chi connectivity index (χ2v) is 13.7. The first-order valence-corrected chi connectivity index (χ1v) is 18.3. The lowest BCUT2D eigenvalue weighted by Crippen LogP contribution is -2.10. The lowest BCUT2D eigenvalue weighted by molar-refractivity contribution is 1.28. The monoisotopic (exact) mass is 673 g/mol. The van der Waals surface area contributed by atoms with E-state index in [0.29, 0.717) is 0 Å². The first-order valence-electron chi connectivity index (χ1n) is 18.3. The van der Waals surface area contributed by atoms with Crippen LogP contribution in [0.5, 0.6) is 0 Å². The van der Waals surface area contributed by atoms with Crippen LogP contribution in [0.4, 0.5) is 17.1 Å². The van der Waals surface area contributed by atoms with Crippen molar-refractivity contribution >= 4 is 60.2 Å². The molecule has 0 aliphatic carbocycles. The molecule has 0 aromatic heterocycles. The Morgan fingerprint density at radius 2 is 0.755 bits per heavy atom. The first-order chi connectivity index (χ1) is 26.3. The van der Waals surface area contributed by atoms with Gasteiger partial charge in [0.15, 0.2) is 0 Å². The van der Waals surface area contributed by atoms with Crippen LogP contribution in [0.25, 0.3) is 76.5 Å². The Hall–Kier alpha value is -6.96. The smallest absolute Gasteiger partial charge is 0.0467 e. The molecule has 0 atom stereocenters. The van der Waals surface area contributed by atoms with E-state index in [1.807, 2.05) is 0 Å². The molecule has 0 amide bonds. The lowest BCUT2D eigenvalue weighted by Gasteiger charge is -2.27. The van der Waals surface area contributed by atoms with Crippen LogP contribution in [-0.2, 0) is 0 Å². The predicted octanol–water partition coefficient (Wildman–Crippen LogP) is 14.8. The summed E-state index contributed by atoms with van der Waals surface area (Å²) in [6.07, 6.45) is 0. The van der Waals surface area contributed by atoms with Crippen LogP contribution in [0.3, 0.4) is 0 Å². The summed E-state index contributed by atoms with van der Waals surface area (Å²) >= 11 is 0. The van der Waals surface area contributed by atoms with E-state index in [1.165, 1.54) is 76.5 Å². The van der Waals surface area contributed by atoms with Crippen molar-refractivity contribution in [3.63, 3.8) is 0 Å². The summed E-state index contributed by atoms with van der Waals surface area (Å²) in [6, 6.07) is 77.2. The average Bonchev–Trinajstić information content (AvgIpc) is 3.24. The van der Waals surface area contributed by atoms with Crippen molar-refractivity contribution in [3.8, 4) is 33.4 Å². The zero-order valence-electron chi connectivity index (χ0n) is 29.2. The fourth-order valence-electron chi connectivity index (χ4n) is 8.10. The highest BCUT2D eigenvalue weighted by atomic mass is 15.1. The topological polar surface area (TPSA) is 3.24 Å². The van der Waals surface area contributed by atoms with Crippen LogP contribution in [0, 0.1) is 0 Å². The van der Waals surface area contributed by atoms with Gasteiger partial charge in [0.1, 0.15) is 0 Å². The fourth-order valence-corrected chi connectivity index (χ4v) is 8.10. The zero-order chi connectivity index (χ0) is 35.1. The Balaban J connectivity index is 1.15. The van der Waals surface area contributed by atoms with Gasteiger partial charge in [-0.25, -0.2) is 0 Å². The minimum absolute atomic E-state index is 1.10. The summed E-state index contributed by atoms with van der Waals surface area (Å²) in [5.41, 5.74) is 10.6. The quantitative estimate of drug-likeness (QED) is 0.159.